The van der Waals surface area contributed by atoms with E-state index in [4.69, 9.17) is 5.73 Å². The smallest absolute Gasteiger partial charge is 0.167 e. The Morgan fingerprint density at radius 3 is 2.69 bits per heavy atom. The fourth-order valence-electron chi connectivity index (χ4n) is 1.54. The molecule has 4 nitrogen and oxygen atoms in total. The van der Waals surface area contributed by atoms with Gasteiger partial charge in [-0.05, 0) is 12.1 Å². The fourth-order valence-corrected chi connectivity index (χ4v) is 1.54. The Morgan fingerprint density at radius 1 is 1.38 bits per heavy atom. The number of aromatic nitrogens is 2. The first-order chi connectivity index (χ1) is 7.74. The Balaban J connectivity index is 2.45. The monoisotopic (exact) mass is 215 g/mol. The van der Waals surface area contributed by atoms with Crippen LogP contribution in [-0.2, 0) is 0 Å². The average Bonchev–Trinajstić information content (AvgIpc) is 2.71. The van der Waals surface area contributed by atoms with Gasteiger partial charge in [0.15, 0.2) is 5.78 Å². The van der Waals surface area contributed by atoms with Crippen LogP contribution in [0, 0.1) is 0 Å². The van der Waals surface area contributed by atoms with E-state index in [1.807, 2.05) is 37.3 Å². The Kier molecular flexibility index (Phi) is 2.72. The zero-order chi connectivity index (χ0) is 11.5. The van der Waals surface area contributed by atoms with Gasteiger partial charge in [0.2, 0.25) is 0 Å². The maximum absolute atomic E-state index is 11.5. The molecular weight excluding hydrogens is 202 g/mol. The van der Waals surface area contributed by atoms with Gasteiger partial charge in [-0.15, -0.1) is 0 Å². The van der Waals surface area contributed by atoms with Crippen molar-refractivity contribution in [1.29, 1.82) is 0 Å². The van der Waals surface area contributed by atoms with Crippen LogP contribution in [0.5, 0.6) is 0 Å². The van der Waals surface area contributed by atoms with E-state index in [0.29, 0.717) is 17.8 Å². The Morgan fingerprint density at radius 2 is 2.06 bits per heavy atom. The summed E-state index contributed by atoms with van der Waals surface area (Å²) in [6.07, 6.45) is 1.96. The quantitative estimate of drug-likeness (QED) is 0.797. The predicted octanol–water partition coefficient (Wildman–Crippen LogP) is 2.05. The van der Waals surface area contributed by atoms with Crippen LogP contribution >= 0.6 is 0 Å². The summed E-state index contributed by atoms with van der Waals surface area (Å²) >= 11 is 0. The van der Waals surface area contributed by atoms with Gasteiger partial charge < -0.3 is 5.73 Å². The third-order valence-electron chi connectivity index (χ3n) is 2.43. The van der Waals surface area contributed by atoms with Gasteiger partial charge in [0.25, 0.3) is 0 Å². The molecular formula is C12H13N3O. The maximum atomic E-state index is 11.5. The molecule has 1 aromatic carbocycles. The van der Waals surface area contributed by atoms with E-state index in [2.05, 4.69) is 5.10 Å². The van der Waals surface area contributed by atoms with Crippen LogP contribution in [0.2, 0.25) is 0 Å². The number of anilines is 1. The molecule has 1 heterocycles. The van der Waals surface area contributed by atoms with E-state index in [0.717, 1.165) is 5.69 Å². The first kappa shape index (κ1) is 10.4. The number of hydrogen-bond acceptors (Lipinski definition) is 3. The summed E-state index contributed by atoms with van der Waals surface area (Å²) in [5.74, 6) is 0.415. The molecule has 2 N–H and O–H groups in total. The SMILES string of the molecule is CCC(=O)c1cnn(-c2ccccc2)c1N. The van der Waals surface area contributed by atoms with Crippen LogP contribution in [-0.4, -0.2) is 15.6 Å². The molecule has 82 valence electrons. The topological polar surface area (TPSA) is 60.9 Å². The van der Waals surface area contributed by atoms with Crippen LogP contribution in [0.25, 0.3) is 5.69 Å². The molecule has 0 spiro atoms. The van der Waals surface area contributed by atoms with Crippen molar-refractivity contribution in [2.45, 2.75) is 13.3 Å². The van der Waals surface area contributed by atoms with Crippen LogP contribution < -0.4 is 5.73 Å². The standard InChI is InChI=1S/C12H13N3O/c1-2-11(16)10-8-14-15(12(10)13)9-6-4-3-5-7-9/h3-8H,2,13H2,1H3. The molecule has 2 rings (SSSR count). The van der Waals surface area contributed by atoms with Gasteiger partial charge in [-0.3, -0.25) is 4.79 Å². The number of carbonyl (C=O) groups excluding carboxylic acids is 1. The third kappa shape index (κ3) is 1.69. The zero-order valence-electron chi connectivity index (χ0n) is 9.05. The first-order valence-corrected chi connectivity index (χ1v) is 5.16. The lowest BCUT2D eigenvalue weighted by Gasteiger charge is -2.03. The second-order valence-electron chi connectivity index (χ2n) is 3.47. The largest absolute Gasteiger partial charge is 0.383 e. The van der Waals surface area contributed by atoms with Gasteiger partial charge in [-0.2, -0.15) is 5.10 Å². The third-order valence-corrected chi connectivity index (χ3v) is 2.43. The number of nitrogen functional groups attached to an aromatic ring is 1. The molecule has 0 aliphatic rings. The molecule has 0 saturated heterocycles. The van der Waals surface area contributed by atoms with Crippen LogP contribution in [0.15, 0.2) is 36.5 Å². The molecule has 0 fully saturated rings. The summed E-state index contributed by atoms with van der Waals surface area (Å²) in [5, 5.41) is 4.13. The molecule has 16 heavy (non-hydrogen) atoms. The number of Topliss-reactive ketones (excluding diaryl/α,β-unsaturated/α-hetero) is 1. The van der Waals surface area contributed by atoms with Crippen molar-refractivity contribution in [3.05, 3.63) is 42.1 Å². The molecule has 2 aromatic rings. The summed E-state index contributed by atoms with van der Waals surface area (Å²) in [6, 6.07) is 9.50. The highest BCUT2D eigenvalue weighted by atomic mass is 16.1. The minimum atomic E-state index is 0.0136. The second-order valence-corrected chi connectivity index (χ2v) is 3.47. The molecule has 0 amide bonds. The van der Waals surface area contributed by atoms with E-state index in [1.165, 1.54) is 6.20 Å². The van der Waals surface area contributed by atoms with Crippen molar-refractivity contribution in [3.8, 4) is 5.69 Å². The Labute approximate surface area is 93.7 Å². The lowest BCUT2D eigenvalue weighted by atomic mass is 10.2. The van der Waals surface area contributed by atoms with Crippen molar-refractivity contribution in [1.82, 2.24) is 9.78 Å². The molecule has 0 aliphatic heterocycles. The summed E-state index contributed by atoms with van der Waals surface area (Å²) in [6.45, 7) is 1.81. The fraction of sp³-hybridized carbons (Fsp3) is 0.167. The van der Waals surface area contributed by atoms with Gasteiger partial charge in [-0.1, -0.05) is 25.1 Å². The second kappa shape index (κ2) is 4.18. The van der Waals surface area contributed by atoms with Crippen molar-refractivity contribution in [2.75, 3.05) is 5.73 Å². The van der Waals surface area contributed by atoms with Crippen molar-refractivity contribution < 1.29 is 4.79 Å². The highest BCUT2D eigenvalue weighted by Gasteiger charge is 2.13. The van der Waals surface area contributed by atoms with Crippen molar-refractivity contribution in [2.24, 2.45) is 0 Å². The van der Waals surface area contributed by atoms with Crippen molar-refractivity contribution >= 4 is 11.6 Å². The van der Waals surface area contributed by atoms with Gasteiger partial charge >= 0.3 is 0 Å². The van der Waals surface area contributed by atoms with Crippen LogP contribution in [0.1, 0.15) is 23.7 Å². The lowest BCUT2D eigenvalue weighted by molar-refractivity contribution is 0.0989. The summed E-state index contributed by atoms with van der Waals surface area (Å²) in [4.78, 5) is 11.5. The van der Waals surface area contributed by atoms with Gasteiger partial charge in [0, 0.05) is 6.42 Å². The molecule has 0 saturated carbocycles. The molecule has 1 aromatic heterocycles. The number of hydrogen-bond donors (Lipinski definition) is 1. The van der Waals surface area contributed by atoms with Crippen molar-refractivity contribution in [3.63, 3.8) is 0 Å². The molecule has 0 radical (unpaired) electrons. The number of nitrogens with zero attached hydrogens (tertiary/aromatic N) is 2. The van der Waals surface area contributed by atoms with E-state index in [1.54, 1.807) is 4.68 Å². The van der Waals surface area contributed by atoms with Gasteiger partial charge in [-0.25, -0.2) is 4.68 Å². The van der Waals surface area contributed by atoms with Crippen LogP contribution in [0.3, 0.4) is 0 Å². The zero-order valence-corrected chi connectivity index (χ0v) is 9.05. The number of benzene rings is 1. The number of ketones is 1. The molecule has 4 heteroatoms. The molecule has 0 bridgehead atoms. The molecule has 0 aliphatic carbocycles. The maximum Gasteiger partial charge on any atom is 0.167 e. The lowest BCUT2D eigenvalue weighted by Crippen LogP contribution is -2.05. The number of rotatable bonds is 3. The molecule has 0 unspecified atom stereocenters. The predicted molar refractivity (Wildman–Crippen MR) is 62.6 cm³/mol. The Hall–Kier alpha value is -2.10. The molecule has 0 atom stereocenters. The number of nitrogens with two attached hydrogens (primary N) is 1. The van der Waals surface area contributed by atoms with E-state index in [9.17, 15) is 4.79 Å². The normalized spacial score (nSPS) is 10.3. The number of carbonyl (C=O) groups is 1. The van der Waals surface area contributed by atoms with Crippen LogP contribution in [0.4, 0.5) is 5.82 Å². The summed E-state index contributed by atoms with van der Waals surface area (Å²) in [5.41, 5.74) is 7.24. The summed E-state index contributed by atoms with van der Waals surface area (Å²) in [7, 11) is 0. The highest BCUT2D eigenvalue weighted by Crippen LogP contribution is 2.17. The minimum absolute atomic E-state index is 0.0136. The summed E-state index contributed by atoms with van der Waals surface area (Å²) < 4.78 is 1.57. The number of para-hydroxylation sites is 1. The van der Waals surface area contributed by atoms with E-state index in [-0.39, 0.29) is 5.78 Å². The minimum Gasteiger partial charge on any atom is -0.383 e. The van der Waals surface area contributed by atoms with Gasteiger partial charge in [0.1, 0.15) is 5.82 Å². The van der Waals surface area contributed by atoms with E-state index < -0.39 is 0 Å². The van der Waals surface area contributed by atoms with E-state index >= 15 is 0 Å². The first-order valence-electron chi connectivity index (χ1n) is 5.16. The Bertz CT molecular complexity index is 502. The van der Waals surface area contributed by atoms with Gasteiger partial charge in [0.05, 0.1) is 17.4 Å². The highest BCUT2D eigenvalue weighted by molar-refractivity contribution is 5.99. The average molecular weight is 215 g/mol.